The Hall–Kier alpha value is -2.67. The van der Waals surface area contributed by atoms with Crippen molar-refractivity contribution in [2.75, 3.05) is 0 Å². The van der Waals surface area contributed by atoms with Crippen molar-refractivity contribution in [2.24, 2.45) is 0 Å². The third-order valence-corrected chi connectivity index (χ3v) is 3.90. The summed E-state index contributed by atoms with van der Waals surface area (Å²) in [4.78, 5) is 25.7. The third-order valence-electron chi connectivity index (χ3n) is 3.41. The molecule has 1 aromatic heterocycles. The Bertz CT molecular complexity index is 904. The van der Waals surface area contributed by atoms with Crippen molar-refractivity contribution in [1.29, 1.82) is 0 Å². The molecule has 0 aliphatic rings. The van der Waals surface area contributed by atoms with Crippen LogP contribution in [0.3, 0.4) is 0 Å². The SMILES string of the molecule is O=C(OCc1ccccc1[N+](=O)[O-])c1c[nH]c2ccc(Br)cc12. The molecule has 3 aromatic rings. The fourth-order valence-corrected chi connectivity index (χ4v) is 2.65. The van der Waals surface area contributed by atoms with Crippen molar-refractivity contribution in [2.45, 2.75) is 6.61 Å². The first-order valence-electron chi connectivity index (χ1n) is 6.72. The number of aromatic amines is 1. The van der Waals surface area contributed by atoms with Crippen LogP contribution in [0.5, 0.6) is 0 Å². The van der Waals surface area contributed by atoms with Crippen molar-refractivity contribution >= 4 is 38.5 Å². The molecule has 23 heavy (non-hydrogen) atoms. The van der Waals surface area contributed by atoms with Crippen LogP contribution in [0.15, 0.2) is 53.1 Å². The van der Waals surface area contributed by atoms with Crippen molar-refractivity contribution in [1.82, 2.24) is 4.98 Å². The molecular formula is C16H11BrN2O4. The van der Waals surface area contributed by atoms with Crippen LogP contribution < -0.4 is 0 Å². The van der Waals surface area contributed by atoms with Gasteiger partial charge in [-0.15, -0.1) is 0 Å². The molecular weight excluding hydrogens is 364 g/mol. The predicted octanol–water partition coefficient (Wildman–Crippen LogP) is 4.20. The van der Waals surface area contributed by atoms with Crippen LogP contribution in [0.2, 0.25) is 0 Å². The van der Waals surface area contributed by atoms with Crippen LogP contribution in [0.1, 0.15) is 15.9 Å². The maximum Gasteiger partial charge on any atom is 0.340 e. The van der Waals surface area contributed by atoms with Gasteiger partial charge in [0.2, 0.25) is 0 Å². The first-order chi connectivity index (χ1) is 11.1. The van der Waals surface area contributed by atoms with Gasteiger partial charge in [0.25, 0.3) is 5.69 Å². The van der Waals surface area contributed by atoms with Gasteiger partial charge in [-0.2, -0.15) is 0 Å². The number of rotatable bonds is 4. The summed E-state index contributed by atoms with van der Waals surface area (Å²) >= 11 is 3.36. The lowest BCUT2D eigenvalue weighted by Gasteiger charge is -2.05. The lowest BCUT2D eigenvalue weighted by Crippen LogP contribution is -2.06. The number of ether oxygens (including phenoxy) is 1. The minimum Gasteiger partial charge on any atom is -0.457 e. The zero-order chi connectivity index (χ0) is 16.4. The summed E-state index contributed by atoms with van der Waals surface area (Å²) < 4.78 is 6.08. The molecule has 0 fully saturated rings. The molecule has 0 spiro atoms. The summed E-state index contributed by atoms with van der Waals surface area (Å²) in [5.74, 6) is -0.535. The number of hydrogen-bond donors (Lipinski definition) is 1. The molecule has 0 saturated carbocycles. The molecule has 0 aliphatic carbocycles. The van der Waals surface area contributed by atoms with Gasteiger partial charge in [-0.05, 0) is 24.3 Å². The number of nitro benzene ring substituents is 1. The van der Waals surface area contributed by atoms with Crippen molar-refractivity contribution in [3.8, 4) is 0 Å². The number of nitrogens with one attached hydrogen (secondary N) is 1. The molecule has 116 valence electrons. The van der Waals surface area contributed by atoms with Crippen molar-refractivity contribution < 1.29 is 14.5 Å². The lowest BCUT2D eigenvalue weighted by molar-refractivity contribution is -0.385. The van der Waals surface area contributed by atoms with Crippen molar-refractivity contribution in [3.05, 3.63) is 74.4 Å². The second-order valence-electron chi connectivity index (χ2n) is 4.85. The van der Waals surface area contributed by atoms with E-state index in [4.69, 9.17) is 4.74 Å². The van der Waals surface area contributed by atoms with Gasteiger partial charge >= 0.3 is 5.97 Å². The number of hydrogen-bond acceptors (Lipinski definition) is 4. The van der Waals surface area contributed by atoms with Gasteiger partial charge in [0.15, 0.2) is 0 Å². The molecule has 0 saturated heterocycles. The number of nitro groups is 1. The van der Waals surface area contributed by atoms with E-state index >= 15 is 0 Å². The highest BCUT2D eigenvalue weighted by molar-refractivity contribution is 9.10. The molecule has 0 amide bonds. The van der Waals surface area contributed by atoms with E-state index in [0.29, 0.717) is 11.1 Å². The second kappa shape index (κ2) is 6.21. The number of para-hydroxylation sites is 1. The Kier molecular flexibility index (Phi) is 4.12. The minimum absolute atomic E-state index is 0.0676. The fraction of sp³-hybridized carbons (Fsp3) is 0.0625. The van der Waals surface area contributed by atoms with Crippen LogP contribution in [-0.2, 0) is 11.3 Å². The van der Waals surface area contributed by atoms with Gasteiger partial charge < -0.3 is 9.72 Å². The number of aromatic nitrogens is 1. The number of fused-ring (bicyclic) bond motifs is 1. The zero-order valence-corrected chi connectivity index (χ0v) is 13.4. The molecule has 1 N–H and O–H groups in total. The average molecular weight is 375 g/mol. The monoisotopic (exact) mass is 374 g/mol. The van der Waals surface area contributed by atoms with E-state index in [2.05, 4.69) is 20.9 Å². The van der Waals surface area contributed by atoms with E-state index < -0.39 is 10.9 Å². The predicted molar refractivity (Wildman–Crippen MR) is 88.2 cm³/mol. The molecule has 2 aromatic carbocycles. The third kappa shape index (κ3) is 3.09. The number of carbonyl (C=O) groups excluding carboxylic acids is 1. The quantitative estimate of drug-likeness (QED) is 0.421. The summed E-state index contributed by atoms with van der Waals surface area (Å²) in [5, 5.41) is 11.7. The first kappa shape index (κ1) is 15.2. The van der Waals surface area contributed by atoms with E-state index in [1.54, 1.807) is 24.4 Å². The van der Waals surface area contributed by atoms with Gasteiger partial charge in [-0.3, -0.25) is 10.1 Å². The highest BCUT2D eigenvalue weighted by Gasteiger charge is 2.17. The number of halogens is 1. The zero-order valence-electron chi connectivity index (χ0n) is 11.8. The molecule has 0 radical (unpaired) electrons. The summed E-state index contributed by atoms with van der Waals surface area (Å²) in [6, 6.07) is 11.7. The number of nitrogens with zero attached hydrogens (tertiary/aromatic N) is 1. The van der Waals surface area contributed by atoms with Gasteiger partial charge in [0.1, 0.15) is 6.61 Å². The smallest absolute Gasteiger partial charge is 0.340 e. The molecule has 0 atom stereocenters. The molecule has 0 aliphatic heterocycles. The van der Waals surface area contributed by atoms with Crippen LogP contribution in [0, 0.1) is 10.1 Å². The first-order valence-corrected chi connectivity index (χ1v) is 7.51. The normalized spacial score (nSPS) is 10.7. The maximum atomic E-state index is 12.3. The number of H-pyrrole nitrogens is 1. The Balaban J connectivity index is 1.82. The van der Waals surface area contributed by atoms with Gasteiger partial charge in [0, 0.05) is 27.6 Å². The van der Waals surface area contributed by atoms with Crippen LogP contribution in [0.4, 0.5) is 5.69 Å². The van der Waals surface area contributed by atoms with E-state index in [1.807, 2.05) is 18.2 Å². The Labute approximate surface area is 139 Å². The molecule has 7 heteroatoms. The van der Waals surface area contributed by atoms with Crippen LogP contribution in [-0.4, -0.2) is 15.9 Å². The largest absolute Gasteiger partial charge is 0.457 e. The standard InChI is InChI=1S/C16H11BrN2O4/c17-11-5-6-14-12(7-11)13(8-18-14)16(20)23-9-10-3-1-2-4-15(10)19(21)22/h1-8,18H,9H2. The topological polar surface area (TPSA) is 85.2 Å². The Morgan fingerprint density at radius 2 is 2.04 bits per heavy atom. The molecule has 3 rings (SSSR count). The summed E-state index contributed by atoms with van der Waals surface area (Å²) in [6.07, 6.45) is 1.57. The average Bonchev–Trinajstić information content (AvgIpc) is 2.95. The summed E-state index contributed by atoms with van der Waals surface area (Å²) in [6.45, 7) is -0.156. The van der Waals surface area contributed by atoms with E-state index in [-0.39, 0.29) is 12.3 Å². The maximum absolute atomic E-state index is 12.3. The Morgan fingerprint density at radius 3 is 2.83 bits per heavy atom. The molecule has 0 bridgehead atoms. The lowest BCUT2D eigenvalue weighted by atomic mass is 10.2. The van der Waals surface area contributed by atoms with Crippen molar-refractivity contribution in [3.63, 3.8) is 0 Å². The van der Waals surface area contributed by atoms with E-state index in [9.17, 15) is 14.9 Å². The van der Waals surface area contributed by atoms with Gasteiger partial charge in [-0.25, -0.2) is 4.79 Å². The van der Waals surface area contributed by atoms with Crippen LogP contribution in [0.25, 0.3) is 10.9 Å². The Morgan fingerprint density at radius 1 is 1.26 bits per heavy atom. The summed E-state index contributed by atoms with van der Waals surface area (Å²) in [7, 11) is 0. The molecule has 6 nitrogen and oxygen atoms in total. The molecule has 1 heterocycles. The summed E-state index contributed by atoms with van der Waals surface area (Å²) in [5.41, 5.74) is 1.49. The van der Waals surface area contributed by atoms with Gasteiger partial charge in [0.05, 0.1) is 16.1 Å². The van der Waals surface area contributed by atoms with Gasteiger partial charge in [-0.1, -0.05) is 28.1 Å². The van der Waals surface area contributed by atoms with Crippen LogP contribution >= 0.6 is 15.9 Å². The second-order valence-corrected chi connectivity index (χ2v) is 5.77. The number of carbonyl (C=O) groups is 1. The van der Waals surface area contributed by atoms with E-state index in [1.165, 1.54) is 6.07 Å². The molecule has 0 unspecified atom stereocenters. The number of benzene rings is 2. The highest BCUT2D eigenvalue weighted by Crippen LogP contribution is 2.24. The minimum atomic E-state index is -0.535. The fourth-order valence-electron chi connectivity index (χ4n) is 2.29. The van der Waals surface area contributed by atoms with E-state index in [0.717, 1.165) is 15.4 Å². The highest BCUT2D eigenvalue weighted by atomic mass is 79.9. The number of esters is 1.